The van der Waals surface area contributed by atoms with E-state index in [0.29, 0.717) is 54.2 Å². The molecule has 8 rings (SSSR count). The normalized spacial score (nSPS) is 16.2. The third kappa shape index (κ3) is 7.71. The molecule has 16 heteroatoms. The van der Waals surface area contributed by atoms with Crippen molar-refractivity contribution in [1.82, 2.24) is 0 Å². The minimum Gasteiger partial charge on any atom is -0.508 e. The third-order valence-corrected chi connectivity index (χ3v) is 11.7. The van der Waals surface area contributed by atoms with Gasteiger partial charge in [0.2, 0.25) is 11.6 Å². The van der Waals surface area contributed by atoms with Gasteiger partial charge < -0.3 is 33.9 Å². The fourth-order valence-corrected chi connectivity index (χ4v) is 8.52. The molecule has 6 aromatic rings. The number of carbonyl (C=O) groups excluding carboxylic acids is 1. The van der Waals surface area contributed by atoms with Gasteiger partial charge in [-0.05, 0) is 103 Å². The van der Waals surface area contributed by atoms with Crippen LogP contribution < -0.4 is 4.74 Å². The summed E-state index contributed by atoms with van der Waals surface area (Å²) >= 11 is 0. The number of ether oxygens (including phenoxy) is 5. The number of hydrogen-bond acceptors (Lipinski definition) is 12. The first-order valence-electron chi connectivity index (χ1n) is 18.0. The van der Waals surface area contributed by atoms with Crippen LogP contribution in [0.5, 0.6) is 23.0 Å². The highest BCUT2D eigenvalue weighted by Gasteiger charge is 2.42. The molecule has 2 aliphatic heterocycles. The van der Waals surface area contributed by atoms with Crippen molar-refractivity contribution in [1.29, 1.82) is 0 Å². The summed E-state index contributed by atoms with van der Waals surface area (Å²) in [5.74, 6) is -3.37. The summed E-state index contributed by atoms with van der Waals surface area (Å²) in [6.45, 7) is 1.23. The molecule has 0 aliphatic carbocycles. The van der Waals surface area contributed by atoms with Gasteiger partial charge in [-0.2, -0.15) is 16.8 Å². The summed E-state index contributed by atoms with van der Waals surface area (Å²) in [6, 6.07) is 32.5. The maximum Gasteiger partial charge on any atom is 0.298 e. The number of rotatable bonds is 11. The zero-order chi connectivity index (χ0) is 41.6. The molecule has 0 saturated carbocycles. The van der Waals surface area contributed by atoms with E-state index in [9.17, 15) is 40.9 Å². The lowest BCUT2D eigenvalue weighted by Crippen LogP contribution is -2.28. The Bertz CT molecular complexity index is 2760. The van der Waals surface area contributed by atoms with Gasteiger partial charge in [-0.25, -0.2) is 0 Å². The average Bonchev–Trinajstić information content (AvgIpc) is 3.93. The van der Waals surface area contributed by atoms with Crippen molar-refractivity contribution in [2.24, 2.45) is 0 Å². The van der Waals surface area contributed by atoms with Gasteiger partial charge in [0.05, 0.1) is 26.4 Å². The predicted molar refractivity (Wildman–Crippen MR) is 209 cm³/mol. The Morgan fingerprint density at radius 1 is 0.508 bits per heavy atom. The number of carbonyl (C=O) groups is 1. The van der Waals surface area contributed by atoms with Gasteiger partial charge in [0.1, 0.15) is 32.8 Å². The van der Waals surface area contributed by atoms with E-state index in [1.807, 2.05) is 0 Å². The highest BCUT2D eigenvalue weighted by atomic mass is 32.2. The van der Waals surface area contributed by atoms with E-state index < -0.39 is 47.4 Å². The average molecular weight is 839 g/mol. The van der Waals surface area contributed by atoms with E-state index in [1.165, 1.54) is 60.7 Å². The largest absolute Gasteiger partial charge is 0.508 e. The van der Waals surface area contributed by atoms with Crippen LogP contribution in [0.3, 0.4) is 0 Å². The lowest BCUT2D eigenvalue weighted by Gasteiger charge is -2.28. The molecule has 0 radical (unpaired) electrons. The lowest BCUT2D eigenvalue weighted by atomic mass is 9.94. The summed E-state index contributed by atoms with van der Waals surface area (Å²) in [5.41, 5.74) is 2.41. The smallest absolute Gasteiger partial charge is 0.298 e. The first-order chi connectivity index (χ1) is 28.2. The molecule has 0 spiro atoms. The van der Waals surface area contributed by atoms with E-state index in [2.05, 4.69) is 0 Å². The van der Waals surface area contributed by atoms with Crippen molar-refractivity contribution >= 4 is 26.0 Å². The predicted octanol–water partition coefficient (Wildman–Crippen LogP) is 6.78. The summed E-state index contributed by atoms with van der Waals surface area (Å²) in [6.07, 6.45) is 0. The van der Waals surface area contributed by atoms with Gasteiger partial charge in [0, 0.05) is 38.9 Å². The van der Waals surface area contributed by atoms with E-state index in [-0.39, 0.29) is 39.7 Å². The highest BCUT2D eigenvalue weighted by molar-refractivity contribution is 7.86. The molecule has 2 saturated heterocycles. The molecule has 0 bridgehead atoms. The summed E-state index contributed by atoms with van der Waals surface area (Å²) < 4.78 is 101. The number of ketones is 1. The van der Waals surface area contributed by atoms with Crippen LogP contribution in [0, 0.1) is 0 Å². The van der Waals surface area contributed by atoms with Crippen molar-refractivity contribution < 1.29 is 64.6 Å². The van der Waals surface area contributed by atoms with Crippen molar-refractivity contribution in [3.8, 4) is 34.1 Å². The molecule has 4 N–H and O–H groups in total. The highest BCUT2D eigenvalue weighted by Crippen LogP contribution is 2.42. The van der Waals surface area contributed by atoms with Crippen LogP contribution in [-0.2, 0) is 50.8 Å². The van der Waals surface area contributed by atoms with Gasteiger partial charge in [-0.1, -0.05) is 36.4 Å². The van der Waals surface area contributed by atoms with E-state index in [0.717, 1.165) is 12.1 Å². The molecular formula is C43H34O14S2. The van der Waals surface area contributed by atoms with Crippen molar-refractivity contribution in [2.45, 2.75) is 21.4 Å². The van der Waals surface area contributed by atoms with E-state index >= 15 is 0 Å². The van der Waals surface area contributed by atoms with E-state index in [1.54, 1.807) is 60.7 Å². The van der Waals surface area contributed by atoms with Gasteiger partial charge in [-0.15, -0.1) is 0 Å². The van der Waals surface area contributed by atoms with Gasteiger partial charge in [0.25, 0.3) is 20.2 Å². The minimum atomic E-state index is -4.97. The van der Waals surface area contributed by atoms with Crippen LogP contribution in [-0.4, -0.2) is 68.4 Å². The first-order valence-corrected chi connectivity index (χ1v) is 20.9. The second kappa shape index (κ2) is 15.3. The van der Waals surface area contributed by atoms with Crippen LogP contribution in [0.4, 0.5) is 0 Å². The SMILES string of the molecule is O=C(c1ccc(Oc2ccc(C3(c4ccc(O)cc4)OCCO3)cc2)c(S(=O)(=O)O)c1)c1ccc(-c2ccc(C3(c4ccc(O)cc4)OCCO3)cc2)c(S(=O)(=O)O)c1. The van der Waals surface area contributed by atoms with Crippen molar-refractivity contribution in [3.63, 3.8) is 0 Å². The second-order valence-corrected chi connectivity index (χ2v) is 16.4. The molecule has 0 amide bonds. The molecule has 59 heavy (non-hydrogen) atoms. The Kier molecular flexibility index (Phi) is 10.4. The van der Waals surface area contributed by atoms with Crippen LogP contribution in [0.25, 0.3) is 11.1 Å². The van der Waals surface area contributed by atoms with Crippen LogP contribution in [0.2, 0.25) is 0 Å². The first kappa shape index (κ1) is 39.9. The molecule has 302 valence electrons. The molecule has 0 atom stereocenters. The van der Waals surface area contributed by atoms with Crippen LogP contribution in [0.15, 0.2) is 143 Å². The second-order valence-electron chi connectivity index (χ2n) is 13.6. The van der Waals surface area contributed by atoms with Gasteiger partial charge in [0.15, 0.2) is 5.78 Å². The van der Waals surface area contributed by atoms with Gasteiger partial charge >= 0.3 is 0 Å². The Labute approximate surface area is 338 Å². The molecule has 2 heterocycles. The topological polar surface area (TPSA) is 212 Å². The number of phenols is 2. The van der Waals surface area contributed by atoms with Crippen LogP contribution >= 0.6 is 0 Å². The molecular weight excluding hydrogens is 805 g/mol. The molecule has 6 aromatic carbocycles. The molecule has 0 aromatic heterocycles. The summed E-state index contributed by atoms with van der Waals surface area (Å²) in [5, 5.41) is 19.5. The number of benzene rings is 6. The Hall–Kier alpha value is -5.95. The number of hydrogen-bond donors (Lipinski definition) is 4. The Balaban J connectivity index is 1.06. The molecule has 14 nitrogen and oxygen atoms in total. The summed E-state index contributed by atoms with van der Waals surface area (Å²) in [7, 11) is -9.89. The zero-order valence-corrected chi connectivity index (χ0v) is 32.4. The van der Waals surface area contributed by atoms with Gasteiger partial charge in [-0.3, -0.25) is 13.9 Å². The maximum atomic E-state index is 13.8. The van der Waals surface area contributed by atoms with Crippen LogP contribution in [0.1, 0.15) is 38.2 Å². The van der Waals surface area contributed by atoms with E-state index in [4.69, 9.17) is 23.7 Å². The lowest BCUT2D eigenvalue weighted by molar-refractivity contribution is -0.130. The van der Waals surface area contributed by atoms with Crippen molar-refractivity contribution in [3.05, 3.63) is 167 Å². The summed E-state index contributed by atoms with van der Waals surface area (Å²) in [4.78, 5) is 12.4. The standard InChI is InChI=1S/C43H34O14S2/c44-34-13-7-31(8-14-34)42(53-21-22-54-42)30-5-1-27(2-6-30)37-19-3-28(25-39(37)58(47,48)49)41(46)29-4-20-38(40(26-29)59(50,51)52)57-36-17-11-33(12-18-36)43(55-23-24-56-43)32-9-15-35(45)16-10-32/h1-20,25-26,44-45H,21-24H2,(H,47,48,49)(H,50,51,52). The minimum absolute atomic E-state index is 0.0629. The van der Waals surface area contributed by atoms with Crippen molar-refractivity contribution in [2.75, 3.05) is 26.4 Å². The fourth-order valence-electron chi connectivity index (χ4n) is 7.14. The number of phenolic OH excluding ortho intramolecular Hbond substituents is 2. The number of aromatic hydroxyl groups is 2. The zero-order valence-electron chi connectivity index (χ0n) is 30.7. The fraction of sp³-hybridized carbons (Fsp3) is 0.140. The quantitative estimate of drug-likeness (QED) is 0.0783. The monoisotopic (exact) mass is 838 g/mol. The molecule has 2 fully saturated rings. The third-order valence-electron chi connectivity index (χ3n) is 9.93. The Morgan fingerprint density at radius 3 is 1.34 bits per heavy atom. The maximum absolute atomic E-state index is 13.8. The molecule has 2 aliphatic rings. The molecule has 0 unspecified atom stereocenters. The Morgan fingerprint density at radius 2 is 0.898 bits per heavy atom.